The highest BCUT2D eigenvalue weighted by Gasteiger charge is 2.38. The summed E-state index contributed by atoms with van der Waals surface area (Å²) >= 11 is 0. The number of hydrogen-bond donors (Lipinski definition) is 0. The van der Waals surface area contributed by atoms with Gasteiger partial charge in [0.05, 0.1) is 16.5 Å². The molecule has 0 spiro atoms. The maximum atomic E-state index is 13.2. The summed E-state index contributed by atoms with van der Waals surface area (Å²) in [5.74, 6) is -0.0252. The van der Waals surface area contributed by atoms with Crippen molar-refractivity contribution in [3.05, 3.63) is 65.7 Å². The summed E-state index contributed by atoms with van der Waals surface area (Å²) < 4.78 is 27.4. The van der Waals surface area contributed by atoms with Gasteiger partial charge in [0.1, 0.15) is 6.07 Å². The van der Waals surface area contributed by atoms with Gasteiger partial charge in [-0.15, -0.1) is 0 Å². The largest absolute Gasteiger partial charge is 0.335 e. The second-order valence-electron chi connectivity index (χ2n) is 7.89. The molecule has 2 heterocycles. The minimum Gasteiger partial charge on any atom is -0.335 e. The first-order valence-corrected chi connectivity index (χ1v) is 11.8. The van der Waals surface area contributed by atoms with Crippen LogP contribution in [0.4, 0.5) is 0 Å². The van der Waals surface area contributed by atoms with E-state index in [1.807, 2.05) is 29.2 Å². The molecule has 2 aromatic rings. The van der Waals surface area contributed by atoms with Crippen LogP contribution in [-0.4, -0.2) is 43.2 Å². The predicted molar refractivity (Wildman–Crippen MR) is 113 cm³/mol. The van der Waals surface area contributed by atoms with Crippen molar-refractivity contribution in [2.45, 2.75) is 36.6 Å². The Hall–Kier alpha value is -2.69. The molecular weight excluding hydrogens is 398 g/mol. The van der Waals surface area contributed by atoms with Crippen LogP contribution in [0, 0.1) is 17.2 Å². The van der Waals surface area contributed by atoms with Crippen molar-refractivity contribution in [1.82, 2.24) is 9.21 Å². The lowest BCUT2D eigenvalue weighted by atomic mass is 9.95. The Balaban J connectivity index is 1.44. The van der Waals surface area contributed by atoms with E-state index in [4.69, 9.17) is 0 Å². The highest BCUT2D eigenvalue weighted by Crippen LogP contribution is 2.35. The molecule has 2 aliphatic heterocycles. The molecule has 0 aliphatic carbocycles. The smallest absolute Gasteiger partial charge is 0.244 e. The van der Waals surface area contributed by atoms with Crippen LogP contribution < -0.4 is 0 Å². The summed E-state index contributed by atoms with van der Waals surface area (Å²) in [5.41, 5.74) is 1.31. The molecule has 1 unspecified atom stereocenters. The molecule has 2 aliphatic rings. The summed E-state index contributed by atoms with van der Waals surface area (Å²) in [4.78, 5) is 15.2. The first-order chi connectivity index (χ1) is 14.5. The topological polar surface area (TPSA) is 81.5 Å². The normalized spacial score (nSPS) is 20.8. The van der Waals surface area contributed by atoms with Crippen LogP contribution in [0.1, 0.15) is 42.9 Å². The second-order valence-corrected chi connectivity index (χ2v) is 9.79. The lowest BCUT2D eigenvalue weighted by Gasteiger charge is -2.34. The number of nitrogens with zero attached hydrogens (tertiary/aromatic N) is 3. The lowest BCUT2D eigenvalue weighted by Crippen LogP contribution is -2.44. The van der Waals surface area contributed by atoms with Crippen LogP contribution in [0.3, 0.4) is 0 Å². The van der Waals surface area contributed by atoms with E-state index in [2.05, 4.69) is 12.1 Å². The zero-order chi connectivity index (χ0) is 21.1. The van der Waals surface area contributed by atoms with Gasteiger partial charge in [-0.1, -0.05) is 42.5 Å². The van der Waals surface area contributed by atoms with Crippen molar-refractivity contribution in [3.8, 4) is 6.07 Å². The number of amides is 1. The molecule has 2 aromatic carbocycles. The number of carbonyl (C=O) groups is 1. The lowest BCUT2D eigenvalue weighted by molar-refractivity contribution is -0.137. The van der Waals surface area contributed by atoms with Gasteiger partial charge in [-0.25, -0.2) is 8.42 Å². The Morgan fingerprint density at radius 2 is 1.60 bits per heavy atom. The third-order valence-electron chi connectivity index (χ3n) is 6.15. The van der Waals surface area contributed by atoms with Crippen LogP contribution in [0.15, 0.2) is 59.5 Å². The highest BCUT2D eigenvalue weighted by molar-refractivity contribution is 7.89. The summed E-state index contributed by atoms with van der Waals surface area (Å²) in [7, 11) is -3.74. The zero-order valence-corrected chi connectivity index (χ0v) is 17.6. The van der Waals surface area contributed by atoms with Crippen molar-refractivity contribution in [3.63, 3.8) is 0 Å². The molecule has 0 radical (unpaired) electrons. The van der Waals surface area contributed by atoms with Crippen LogP contribution >= 0.6 is 0 Å². The number of piperidine rings is 1. The Kier molecular flexibility index (Phi) is 5.89. The fraction of sp³-hybridized carbons (Fsp3) is 0.391. The molecule has 156 valence electrons. The molecule has 6 nitrogen and oxygen atoms in total. The van der Waals surface area contributed by atoms with Crippen LogP contribution in [-0.2, 0) is 14.8 Å². The SMILES string of the molecule is N#Cc1ccccc1S(=O)(=O)N1CCC(C(=O)N2CCCC2c2ccccc2)CC1. The molecule has 2 saturated heterocycles. The third-order valence-corrected chi connectivity index (χ3v) is 8.11. The fourth-order valence-corrected chi connectivity index (χ4v) is 6.16. The maximum absolute atomic E-state index is 13.2. The van der Waals surface area contributed by atoms with E-state index in [1.165, 1.54) is 16.4 Å². The molecule has 2 fully saturated rings. The van der Waals surface area contributed by atoms with Crippen molar-refractivity contribution >= 4 is 15.9 Å². The van der Waals surface area contributed by atoms with E-state index in [1.54, 1.807) is 12.1 Å². The highest BCUT2D eigenvalue weighted by atomic mass is 32.2. The molecule has 1 atom stereocenters. The van der Waals surface area contributed by atoms with E-state index in [9.17, 15) is 18.5 Å². The van der Waals surface area contributed by atoms with Gasteiger partial charge in [0.2, 0.25) is 15.9 Å². The van der Waals surface area contributed by atoms with Gasteiger partial charge in [-0.05, 0) is 43.4 Å². The van der Waals surface area contributed by atoms with E-state index in [0.717, 1.165) is 24.9 Å². The summed E-state index contributed by atoms with van der Waals surface area (Å²) in [5, 5.41) is 9.25. The van der Waals surface area contributed by atoms with Gasteiger partial charge < -0.3 is 4.90 Å². The standard InChI is InChI=1S/C23H25N3O3S/c24-17-20-9-4-5-11-22(20)30(28,29)25-15-12-19(13-16-25)23(27)26-14-6-10-21(26)18-7-2-1-3-8-18/h1-5,7-9,11,19,21H,6,10,12-16H2. The zero-order valence-electron chi connectivity index (χ0n) is 16.8. The number of nitriles is 1. The molecular formula is C23H25N3O3S. The monoisotopic (exact) mass is 423 g/mol. The average molecular weight is 424 g/mol. The first-order valence-electron chi connectivity index (χ1n) is 10.4. The average Bonchev–Trinajstić information content (AvgIpc) is 3.29. The molecule has 1 amide bonds. The van der Waals surface area contributed by atoms with Crippen molar-refractivity contribution in [2.24, 2.45) is 5.92 Å². The van der Waals surface area contributed by atoms with Crippen molar-refractivity contribution in [1.29, 1.82) is 5.26 Å². The van der Waals surface area contributed by atoms with Gasteiger partial charge in [0, 0.05) is 25.6 Å². The second kappa shape index (κ2) is 8.58. The molecule has 0 aromatic heterocycles. The summed E-state index contributed by atoms with van der Waals surface area (Å²) in [6.45, 7) is 1.34. The van der Waals surface area contributed by atoms with E-state index >= 15 is 0 Å². The molecule has 4 rings (SSSR count). The molecule has 7 heteroatoms. The van der Waals surface area contributed by atoms with Gasteiger partial charge >= 0.3 is 0 Å². The predicted octanol–water partition coefficient (Wildman–Crippen LogP) is 3.32. The first kappa shape index (κ1) is 20.6. The van der Waals surface area contributed by atoms with Gasteiger partial charge in [0.25, 0.3) is 0 Å². The van der Waals surface area contributed by atoms with Gasteiger partial charge in [-0.3, -0.25) is 4.79 Å². The van der Waals surface area contributed by atoms with Crippen LogP contribution in [0.5, 0.6) is 0 Å². The number of benzene rings is 2. The Bertz CT molecular complexity index is 1050. The number of hydrogen-bond acceptors (Lipinski definition) is 4. The number of sulfonamides is 1. The van der Waals surface area contributed by atoms with Gasteiger partial charge in [0.15, 0.2) is 0 Å². The molecule has 0 N–H and O–H groups in total. The Labute approximate surface area is 177 Å². The van der Waals surface area contributed by atoms with Crippen molar-refractivity contribution in [2.75, 3.05) is 19.6 Å². The quantitative estimate of drug-likeness (QED) is 0.755. The number of rotatable bonds is 4. The van der Waals surface area contributed by atoms with E-state index in [-0.39, 0.29) is 28.3 Å². The summed E-state index contributed by atoms with van der Waals surface area (Å²) in [6, 6.07) is 18.4. The van der Waals surface area contributed by atoms with E-state index in [0.29, 0.717) is 25.9 Å². The summed E-state index contributed by atoms with van der Waals surface area (Å²) in [6.07, 6.45) is 2.97. The number of carbonyl (C=O) groups excluding carboxylic acids is 1. The molecule has 30 heavy (non-hydrogen) atoms. The number of likely N-dealkylation sites (tertiary alicyclic amines) is 1. The Morgan fingerprint density at radius 3 is 2.30 bits per heavy atom. The van der Waals surface area contributed by atoms with Crippen molar-refractivity contribution < 1.29 is 13.2 Å². The van der Waals surface area contributed by atoms with Gasteiger partial charge in [-0.2, -0.15) is 9.57 Å². The minimum atomic E-state index is -3.74. The van der Waals surface area contributed by atoms with E-state index < -0.39 is 10.0 Å². The van der Waals surface area contributed by atoms with Crippen LogP contribution in [0.25, 0.3) is 0 Å². The maximum Gasteiger partial charge on any atom is 0.244 e. The fourth-order valence-electron chi connectivity index (χ4n) is 4.55. The minimum absolute atomic E-state index is 0.0426. The third kappa shape index (κ3) is 3.85. The molecule has 0 bridgehead atoms. The Morgan fingerprint density at radius 1 is 0.933 bits per heavy atom. The van der Waals surface area contributed by atoms with Crippen LogP contribution in [0.2, 0.25) is 0 Å². The molecule has 0 saturated carbocycles.